The SMILES string of the molecule is COc1ccc(C(C2=C(O)[C@@H](c3ccccc3C)C(=S)NC2=O)C2=C(O)[C@@H](c3ccccc3C)C(=S)NC2=O)cc1CN1CCCCC1. The lowest BCUT2D eigenvalue weighted by Gasteiger charge is -2.35. The van der Waals surface area contributed by atoms with E-state index >= 15 is 0 Å². The van der Waals surface area contributed by atoms with Gasteiger partial charge in [-0.3, -0.25) is 14.5 Å². The van der Waals surface area contributed by atoms with E-state index in [0.29, 0.717) is 17.9 Å². The maximum Gasteiger partial charge on any atom is 0.256 e. The highest BCUT2D eigenvalue weighted by atomic mass is 32.1. The van der Waals surface area contributed by atoms with Gasteiger partial charge in [0, 0.05) is 12.1 Å². The molecule has 2 amide bonds. The summed E-state index contributed by atoms with van der Waals surface area (Å²) in [4.78, 5) is 30.7. The Morgan fingerprint density at radius 1 is 0.792 bits per heavy atom. The number of aryl methyl sites for hydroxylation is 2. The van der Waals surface area contributed by atoms with Crippen molar-refractivity contribution in [2.75, 3.05) is 20.2 Å². The molecular weight excluding hydrogens is 643 g/mol. The molecule has 0 spiro atoms. The van der Waals surface area contributed by atoms with Crippen LogP contribution in [0.3, 0.4) is 0 Å². The second-order valence-corrected chi connectivity index (χ2v) is 13.5. The number of hydrogen-bond acceptors (Lipinski definition) is 8. The molecule has 8 nitrogen and oxygen atoms in total. The van der Waals surface area contributed by atoms with Gasteiger partial charge in [0.05, 0.1) is 46.0 Å². The molecular formula is C38H39N3O5S2. The summed E-state index contributed by atoms with van der Waals surface area (Å²) in [6, 6.07) is 20.5. The number of carbonyl (C=O) groups is 2. The van der Waals surface area contributed by atoms with E-state index in [-0.39, 0.29) is 32.6 Å². The first-order valence-corrected chi connectivity index (χ1v) is 17.0. The molecule has 48 heavy (non-hydrogen) atoms. The van der Waals surface area contributed by atoms with Crippen molar-refractivity contribution in [3.8, 4) is 5.75 Å². The van der Waals surface area contributed by atoms with E-state index in [1.165, 1.54) is 6.42 Å². The summed E-state index contributed by atoms with van der Waals surface area (Å²) >= 11 is 11.3. The van der Waals surface area contributed by atoms with E-state index in [9.17, 15) is 19.8 Å². The largest absolute Gasteiger partial charge is 0.511 e. The highest BCUT2D eigenvalue weighted by Crippen LogP contribution is 2.45. The Kier molecular flexibility index (Phi) is 9.78. The van der Waals surface area contributed by atoms with Crippen molar-refractivity contribution >= 4 is 46.2 Å². The number of carbonyl (C=O) groups excluding carboxylic acids is 2. The number of likely N-dealkylation sites (tertiary alicyclic amines) is 1. The second-order valence-electron chi connectivity index (χ2n) is 12.7. The molecule has 6 rings (SSSR count). The lowest BCUT2D eigenvalue weighted by Crippen LogP contribution is -2.46. The van der Waals surface area contributed by atoms with Crippen LogP contribution in [0, 0.1) is 13.8 Å². The molecule has 248 valence electrons. The number of nitrogens with zero attached hydrogens (tertiary/aromatic N) is 1. The van der Waals surface area contributed by atoms with Gasteiger partial charge in [-0.25, -0.2) is 0 Å². The van der Waals surface area contributed by atoms with Crippen LogP contribution in [0.15, 0.2) is 89.4 Å². The molecule has 4 N–H and O–H groups in total. The van der Waals surface area contributed by atoms with Crippen molar-refractivity contribution in [1.29, 1.82) is 0 Å². The van der Waals surface area contributed by atoms with Crippen molar-refractivity contribution in [1.82, 2.24) is 15.5 Å². The van der Waals surface area contributed by atoms with Crippen LogP contribution < -0.4 is 15.4 Å². The van der Waals surface area contributed by atoms with E-state index in [1.54, 1.807) is 13.2 Å². The van der Waals surface area contributed by atoms with Gasteiger partial charge in [-0.15, -0.1) is 0 Å². The number of rotatable bonds is 8. The van der Waals surface area contributed by atoms with Crippen molar-refractivity contribution in [2.45, 2.75) is 57.4 Å². The molecule has 0 aromatic heterocycles. The number of amides is 2. The van der Waals surface area contributed by atoms with Crippen LogP contribution in [0.5, 0.6) is 5.75 Å². The quantitative estimate of drug-likeness (QED) is 0.200. The third-order valence-electron chi connectivity index (χ3n) is 9.64. The number of methoxy groups -OCH3 is 1. The van der Waals surface area contributed by atoms with Gasteiger partial charge in [0.2, 0.25) is 0 Å². The Morgan fingerprint density at radius 2 is 1.29 bits per heavy atom. The zero-order valence-corrected chi connectivity index (χ0v) is 28.8. The van der Waals surface area contributed by atoms with Crippen LogP contribution in [0.4, 0.5) is 0 Å². The number of nitrogens with one attached hydrogen (secondary N) is 2. The minimum atomic E-state index is -1.18. The van der Waals surface area contributed by atoms with Gasteiger partial charge < -0.3 is 25.6 Å². The summed E-state index contributed by atoms with van der Waals surface area (Å²) in [6.07, 6.45) is 3.40. The lowest BCUT2D eigenvalue weighted by atomic mass is 9.75. The zero-order chi connectivity index (χ0) is 34.1. The van der Waals surface area contributed by atoms with Gasteiger partial charge >= 0.3 is 0 Å². The van der Waals surface area contributed by atoms with Crippen LogP contribution in [0.25, 0.3) is 0 Å². The molecule has 0 unspecified atom stereocenters. The predicted molar refractivity (Wildman–Crippen MR) is 193 cm³/mol. The number of thiocarbonyl (C=S) groups is 2. The molecule has 3 aliphatic rings. The predicted octanol–water partition coefficient (Wildman–Crippen LogP) is 6.49. The Morgan fingerprint density at radius 3 is 1.77 bits per heavy atom. The maximum absolute atomic E-state index is 14.0. The first kappa shape index (κ1) is 33.5. The van der Waals surface area contributed by atoms with E-state index in [0.717, 1.165) is 53.7 Å². The van der Waals surface area contributed by atoms with Crippen LogP contribution in [0.1, 0.15) is 70.4 Å². The number of piperidine rings is 1. The molecule has 3 heterocycles. The molecule has 0 radical (unpaired) electrons. The van der Waals surface area contributed by atoms with Crippen molar-refractivity contribution < 1.29 is 24.5 Å². The summed E-state index contributed by atoms with van der Waals surface area (Å²) in [7, 11) is 1.61. The standard InChI is InChI=1S/C38H39N3O5S2/c1-21-11-5-7-13-25(21)29-33(42)31(35(44)39-37(29)47)28(23-15-16-27(46-3)24(19-23)20-41-17-9-4-10-18-41)32-34(43)30(38(48)40-36(32)45)26-14-8-6-12-22(26)2/h5-8,11-16,19,28-30,42-43H,4,9-10,17-18,20H2,1-3H3,(H,39,44,47)(H,40,45,48)/t29-,30-/m1/s1. The van der Waals surface area contributed by atoms with Crippen LogP contribution in [-0.2, 0) is 16.1 Å². The van der Waals surface area contributed by atoms with Gasteiger partial charge in [-0.05, 0) is 79.7 Å². The number of ether oxygens (including phenoxy) is 1. The first-order chi connectivity index (χ1) is 23.1. The topological polar surface area (TPSA) is 111 Å². The molecule has 1 fully saturated rings. The Labute approximate surface area is 291 Å². The molecule has 3 aromatic rings. The molecule has 0 aliphatic carbocycles. The Balaban J connectivity index is 1.60. The zero-order valence-electron chi connectivity index (χ0n) is 27.2. The summed E-state index contributed by atoms with van der Waals surface area (Å²) in [5, 5.41) is 29.9. The van der Waals surface area contributed by atoms with Crippen molar-refractivity contribution in [3.63, 3.8) is 0 Å². The van der Waals surface area contributed by atoms with E-state index in [2.05, 4.69) is 15.5 Å². The van der Waals surface area contributed by atoms with Gasteiger partial charge in [0.1, 0.15) is 17.3 Å². The number of benzene rings is 3. The minimum Gasteiger partial charge on any atom is -0.511 e. The van der Waals surface area contributed by atoms with Gasteiger partial charge in [0.15, 0.2) is 0 Å². The first-order valence-electron chi connectivity index (χ1n) is 16.2. The highest BCUT2D eigenvalue weighted by molar-refractivity contribution is 7.80. The van der Waals surface area contributed by atoms with Crippen LogP contribution in [-0.4, -0.2) is 57.1 Å². The third-order valence-corrected chi connectivity index (χ3v) is 10.3. The van der Waals surface area contributed by atoms with Gasteiger partial charge in [-0.1, -0.05) is 85.5 Å². The monoisotopic (exact) mass is 681 g/mol. The molecule has 0 saturated carbocycles. The van der Waals surface area contributed by atoms with Crippen molar-refractivity contribution in [2.24, 2.45) is 0 Å². The maximum atomic E-state index is 14.0. The Hall–Kier alpha value is -4.38. The second kappa shape index (κ2) is 14.0. The smallest absolute Gasteiger partial charge is 0.256 e. The number of aliphatic hydroxyl groups excluding tert-OH is 2. The normalized spacial score (nSPS) is 20.7. The molecule has 0 bridgehead atoms. The fourth-order valence-corrected chi connectivity index (χ4v) is 7.85. The molecule has 1 saturated heterocycles. The van der Waals surface area contributed by atoms with Crippen LogP contribution >= 0.6 is 24.4 Å². The van der Waals surface area contributed by atoms with E-state index < -0.39 is 29.6 Å². The third kappa shape index (κ3) is 6.27. The van der Waals surface area contributed by atoms with Crippen LogP contribution in [0.2, 0.25) is 0 Å². The molecule has 3 aromatic carbocycles. The van der Waals surface area contributed by atoms with Crippen molar-refractivity contribution in [3.05, 3.63) is 123 Å². The lowest BCUT2D eigenvalue weighted by molar-refractivity contribution is -0.117. The summed E-state index contributed by atoms with van der Waals surface area (Å²) in [5.74, 6) is -4.03. The van der Waals surface area contributed by atoms with E-state index in [4.69, 9.17) is 29.2 Å². The fraction of sp³-hybridized carbons (Fsp3) is 0.316. The average molecular weight is 682 g/mol. The summed E-state index contributed by atoms with van der Waals surface area (Å²) in [6.45, 7) is 6.32. The molecule has 3 aliphatic heterocycles. The molecule has 10 heteroatoms. The number of hydrogen-bond donors (Lipinski definition) is 4. The molecule has 2 atom stereocenters. The summed E-state index contributed by atoms with van der Waals surface area (Å²) in [5.41, 5.74) is 4.45. The van der Waals surface area contributed by atoms with Gasteiger partial charge in [0.25, 0.3) is 11.8 Å². The van der Waals surface area contributed by atoms with E-state index in [1.807, 2.05) is 74.5 Å². The Bertz CT molecular complexity index is 1780. The average Bonchev–Trinajstić information content (AvgIpc) is 3.06. The number of aliphatic hydroxyl groups is 2. The minimum absolute atomic E-state index is 0.0704. The highest BCUT2D eigenvalue weighted by Gasteiger charge is 2.45. The summed E-state index contributed by atoms with van der Waals surface area (Å²) < 4.78 is 5.76. The fourth-order valence-electron chi connectivity index (χ4n) is 7.19. The van der Waals surface area contributed by atoms with Gasteiger partial charge in [-0.2, -0.15) is 0 Å².